The molecule has 0 unspecified atom stereocenters. The summed E-state index contributed by atoms with van der Waals surface area (Å²) in [5.41, 5.74) is 0.720. The van der Waals surface area contributed by atoms with Gasteiger partial charge in [0.15, 0.2) is 0 Å². The molecule has 0 fully saturated rings. The molecule has 0 aromatic heterocycles. The summed E-state index contributed by atoms with van der Waals surface area (Å²) >= 11 is 0. The zero-order chi connectivity index (χ0) is 13.1. The Morgan fingerprint density at radius 1 is 1.56 bits per heavy atom. The van der Waals surface area contributed by atoms with Crippen LogP contribution in [0.15, 0.2) is 12.1 Å². The maximum atomic E-state index is 13.7. The van der Waals surface area contributed by atoms with Crippen LogP contribution in [0.2, 0.25) is 0 Å². The number of methoxy groups -OCH3 is 1. The fraction of sp³-hybridized carbons (Fsp3) is 0.364. The van der Waals surface area contributed by atoms with Crippen molar-refractivity contribution in [3.63, 3.8) is 0 Å². The van der Waals surface area contributed by atoms with Crippen molar-refractivity contribution in [1.82, 2.24) is 0 Å². The minimum Gasteiger partial charge on any atom is -0.460 e. The number of esters is 1. The molecule has 1 N–H and O–H groups in total. The lowest BCUT2D eigenvalue weighted by atomic mass is 9.78. The molecule has 0 aliphatic carbocycles. The zero-order valence-corrected chi connectivity index (χ0v) is 9.81. The largest absolute Gasteiger partial charge is 0.491 e. The minimum absolute atomic E-state index is 0.0465. The predicted molar refractivity (Wildman–Crippen MR) is 61.0 cm³/mol. The van der Waals surface area contributed by atoms with E-state index in [9.17, 15) is 14.2 Å². The first kappa shape index (κ1) is 13.0. The number of fused-ring (bicyclic) bond motifs is 1. The molecule has 18 heavy (non-hydrogen) atoms. The summed E-state index contributed by atoms with van der Waals surface area (Å²) in [7, 11) is 0.350. The predicted octanol–water partition coefficient (Wildman–Crippen LogP) is -0.153. The van der Waals surface area contributed by atoms with Crippen molar-refractivity contribution in [2.75, 3.05) is 20.3 Å². The van der Waals surface area contributed by atoms with Crippen molar-refractivity contribution < 1.29 is 28.3 Å². The number of halogens is 1. The van der Waals surface area contributed by atoms with E-state index in [1.165, 1.54) is 19.2 Å². The second-order valence-electron chi connectivity index (χ2n) is 3.82. The van der Waals surface area contributed by atoms with Crippen molar-refractivity contribution in [2.45, 2.75) is 6.61 Å². The maximum absolute atomic E-state index is 13.7. The number of rotatable bonds is 4. The Labute approximate surface area is 104 Å². The van der Waals surface area contributed by atoms with Gasteiger partial charge in [-0.3, -0.25) is 0 Å². The van der Waals surface area contributed by atoms with Crippen molar-refractivity contribution in [1.29, 1.82) is 0 Å². The average molecular weight is 254 g/mol. The van der Waals surface area contributed by atoms with E-state index < -0.39 is 18.9 Å². The Kier molecular flexibility index (Phi) is 3.95. The summed E-state index contributed by atoms with van der Waals surface area (Å²) in [5.74, 6) is -1.47. The normalized spacial score (nSPS) is 13.6. The first-order valence-corrected chi connectivity index (χ1v) is 5.41. The first-order valence-electron chi connectivity index (χ1n) is 5.41. The van der Waals surface area contributed by atoms with E-state index in [0.29, 0.717) is 11.0 Å². The van der Waals surface area contributed by atoms with E-state index in [1.54, 1.807) is 0 Å². The molecular weight excluding hydrogens is 242 g/mol. The molecule has 1 heterocycles. The molecule has 0 radical (unpaired) electrons. The molecule has 7 heteroatoms. The van der Waals surface area contributed by atoms with Crippen molar-refractivity contribution in [3.8, 4) is 0 Å². The van der Waals surface area contributed by atoms with Gasteiger partial charge in [0, 0.05) is 7.11 Å². The van der Waals surface area contributed by atoms with Gasteiger partial charge in [-0.25, -0.2) is 9.18 Å². The van der Waals surface area contributed by atoms with Gasteiger partial charge in [0.05, 0.1) is 18.8 Å². The quantitative estimate of drug-likeness (QED) is 0.459. The van der Waals surface area contributed by atoms with Gasteiger partial charge >= 0.3 is 13.1 Å². The van der Waals surface area contributed by atoms with Crippen LogP contribution in [-0.2, 0) is 20.7 Å². The van der Waals surface area contributed by atoms with Crippen LogP contribution in [0.5, 0.6) is 0 Å². The molecular formula is C11H12BFO5. The second kappa shape index (κ2) is 5.47. The van der Waals surface area contributed by atoms with Crippen LogP contribution in [0.25, 0.3) is 0 Å². The third-order valence-electron chi connectivity index (χ3n) is 2.63. The smallest absolute Gasteiger partial charge is 0.460 e. The standard InChI is InChI=1S/C11H12BFO5/c1-16-2-3-17-11(14)8-5-9-7(4-10(8)13)6-18-12(9)15/h4-5,15H,2-3,6H2,1H3. The SMILES string of the molecule is COCCOC(=O)c1cc2c(cc1F)COB2O. The fourth-order valence-corrected chi connectivity index (χ4v) is 1.70. The van der Waals surface area contributed by atoms with E-state index in [0.717, 1.165) is 0 Å². The third-order valence-corrected chi connectivity index (χ3v) is 2.63. The lowest BCUT2D eigenvalue weighted by Crippen LogP contribution is -2.29. The highest BCUT2D eigenvalue weighted by Crippen LogP contribution is 2.16. The highest BCUT2D eigenvalue weighted by Gasteiger charge is 2.30. The lowest BCUT2D eigenvalue weighted by molar-refractivity contribution is 0.0383. The van der Waals surface area contributed by atoms with Crippen molar-refractivity contribution in [3.05, 3.63) is 29.1 Å². The molecule has 1 aromatic rings. The van der Waals surface area contributed by atoms with Crippen LogP contribution < -0.4 is 5.46 Å². The Hall–Kier alpha value is -1.44. The third kappa shape index (κ3) is 2.53. The van der Waals surface area contributed by atoms with Gasteiger partial charge in [0.1, 0.15) is 12.4 Å². The van der Waals surface area contributed by atoms with E-state index in [1.807, 2.05) is 0 Å². The fourth-order valence-electron chi connectivity index (χ4n) is 1.70. The summed E-state index contributed by atoms with van der Waals surface area (Å²) in [4.78, 5) is 11.6. The van der Waals surface area contributed by atoms with Crippen LogP contribution in [0.3, 0.4) is 0 Å². The van der Waals surface area contributed by atoms with Crippen molar-refractivity contribution >= 4 is 18.6 Å². The molecule has 5 nitrogen and oxygen atoms in total. The van der Waals surface area contributed by atoms with Crippen LogP contribution in [0, 0.1) is 5.82 Å². The van der Waals surface area contributed by atoms with Gasteiger partial charge in [0.2, 0.25) is 0 Å². The topological polar surface area (TPSA) is 65.0 Å². The summed E-state index contributed by atoms with van der Waals surface area (Å²) in [6.45, 7) is 0.418. The van der Waals surface area contributed by atoms with Gasteiger partial charge in [-0.2, -0.15) is 0 Å². The molecule has 2 rings (SSSR count). The van der Waals surface area contributed by atoms with Gasteiger partial charge in [-0.1, -0.05) is 0 Å². The van der Waals surface area contributed by atoms with Gasteiger partial charge in [0.25, 0.3) is 0 Å². The highest BCUT2D eigenvalue weighted by atomic mass is 19.1. The Balaban J connectivity index is 2.18. The highest BCUT2D eigenvalue weighted by molar-refractivity contribution is 6.61. The molecule has 0 saturated heterocycles. The number of ether oxygens (including phenoxy) is 2. The summed E-state index contributed by atoms with van der Waals surface area (Å²) in [6, 6.07) is 2.44. The molecule has 0 atom stereocenters. The van der Waals surface area contributed by atoms with Crippen LogP contribution >= 0.6 is 0 Å². The molecule has 1 aliphatic heterocycles. The van der Waals surface area contributed by atoms with Gasteiger partial charge < -0.3 is 19.2 Å². The molecule has 0 bridgehead atoms. The molecule has 1 aliphatic rings. The van der Waals surface area contributed by atoms with E-state index >= 15 is 0 Å². The van der Waals surface area contributed by atoms with Gasteiger partial charge in [-0.05, 0) is 23.2 Å². The minimum atomic E-state index is -1.12. The Morgan fingerprint density at radius 2 is 2.33 bits per heavy atom. The van der Waals surface area contributed by atoms with Crippen LogP contribution in [0.4, 0.5) is 4.39 Å². The van der Waals surface area contributed by atoms with E-state index in [2.05, 4.69) is 0 Å². The molecule has 1 aromatic carbocycles. The van der Waals surface area contributed by atoms with Crippen LogP contribution in [-0.4, -0.2) is 38.4 Å². The number of carbonyl (C=O) groups is 1. The summed E-state index contributed by atoms with van der Waals surface area (Å²) in [5, 5.41) is 9.48. The summed E-state index contributed by atoms with van der Waals surface area (Å²) in [6.07, 6.45) is 0. The first-order chi connectivity index (χ1) is 8.63. The number of hydrogen-bond donors (Lipinski definition) is 1. The molecule has 0 amide bonds. The molecule has 0 spiro atoms. The maximum Gasteiger partial charge on any atom is 0.491 e. The number of carbonyl (C=O) groups excluding carboxylic acids is 1. The van der Waals surface area contributed by atoms with E-state index in [-0.39, 0.29) is 25.4 Å². The number of benzene rings is 1. The van der Waals surface area contributed by atoms with E-state index in [4.69, 9.17) is 14.1 Å². The Bertz CT molecular complexity index is 465. The second-order valence-corrected chi connectivity index (χ2v) is 3.82. The zero-order valence-electron chi connectivity index (χ0n) is 9.81. The molecule has 96 valence electrons. The average Bonchev–Trinajstić information content (AvgIpc) is 2.69. The Morgan fingerprint density at radius 3 is 3.06 bits per heavy atom. The summed E-state index contributed by atoms with van der Waals surface area (Å²) < 4.78 is 28.1. The lowest BCUT2D eigenvalue weighted by Gasteiger charge is -2.07. The number of hydrogen-bond acceptors (Lipinski definition) is 5. The molecule has 0 saturated carbocycles. The monoisotopic (exact) mass is 254 g/mol. The van der Waals surface area contributed by atoms with Crippen molar-refractivity contribution in [2.24, 2.45) is 0 Å². The van der Waals surface area contributed by atoms with Gasteiger partial charge in [-0.15, -0.1) is 0 Å². The van der Waals surface area contributed by atoms with Crippen LogP contribution in [0.1, 0.15) is 15.9 Å².